The van der Waals surface area contributed by atoms with Crippen LogP contribution < -0.4 is 21.5 Å². The van der Waals surface area contributed by atoms with Gasteiger partial charge in [-0.25, -0.2) is 0 Å². The van der Waals surface area contributed by atoms with Crippen LogP contribution in [-0.2, 0) is 4.79 Å². The topological polar surface area (TPSA) is 90.4 Å². The largest absolute Gasteiger partial charge is 0.497 e. The molecule has 0 spiro atoms. The Balaban J connectivity index is 2.58. The number of amides is 1. The predicted molar refractivity (Wildman–Crippen MR) is 75.8 cm³/mol. The van der Waals surface area contributed by atoms with Crippen molar-refractivity contribution < 1.29 is 9.53 Å². The molecular formula is C14H23N3O2. The summed E-state index contributed by atoms with van der Waals surface area (Å²) < 4.78 is 5.16. The molecule has 0 saturated carbocycles. The van der Waals surface area contributed by atoms with Gasteiger partial charge in [-0.1, -0.05) is 12.1 Å². The summed E-state index contributed by atoms with van der Waals surface area (Å²) in [6.45, 7) is 2.47. The zero-order valence-electron chi connectivity index (χ0n) is 11.6. The molecule has 0 aromatic heterocycles. The molecule has 1 rings (SSSR count). The van der Waals surface area contributed by atoms with Gasteiger partial charge >= 0.3 is 0 Å². The standard InChI is InChI=1S/C14H23N3O2/c1-10(11-5-3-6-12(9-11)19-2)17-14(18)13(16)7-4-8-15/h3,5-6,9-10,13H,4,7-8,15-16H2,1-2H3,(H,17,18)/t10?,13-/m0/s1. The Labute approximate surface area is 114 Å². The van der Waals surface area contributed by atoms with Gasteiger partial charge in [-0.15, -0.1) is 0 Å². The van der Waals surface area contributed by atoms with E-state index >= 15 is 0 Å². The number of nitrogens with one attached hydrogen (secondary N) is 1. The molecule has 0 fully saturated rings. The minimum atomic E-state index is -0.503. The van der Waals surface area contributed by atoms with Crippen molar-refractivity contribution in [3.05, 3.63) is 29.8 Å². The first-order valence-corrected chi connectivity index (χ1v) is 6.48. The second-order valence-electron chi connectivity index (χ2n) is 4.54. The van der Waals surface area contributed by atoms with Crippen LogP contribution in [0.4, 0.5) is 0 Å². The minimum Gasteiger partial charge on any atom is -0.497 e. The highest BCUT2D eigenvalue weighted by Gasteiger charge is 2.16. The van der Waals surface area contributed by atoms with E-state index in [9.17, 15) is 4.79 Å². The fourth-order valence-electron chi connectivity index (χ4n) is 1.78. The molecule has 0 bridgehead atoms. The predicted octanol–water partition coefficient (Wildman–Crippen LogP) is 0.939. The molecule has 0 radical (unpaired) electrons. The van der Waals surface area contributed by atoms with Crippen LogP contribution in [0.15, 0.2) is 24.3 Å². The molecule has 0 heterocycles. The van der Waals surface area contributed by atoms with Gasteiger partial charge < -0.3 is 21.5 Å². The fourth-order valence-corrected chi connectivity index (χ4v) is 1.78. The van der Waals surface area contributed by atoms with Gasteiger partial charge in [0.1, 0.15) is 5.75 Å². The summed E-state index contributed by atoms with van der Waals surface area (Å²) in [6.07, 6.45) is 1.36. The molecule has 19 heavy (non-hydrogen) atoms. The molecular weight excluding hydrogens is 242 g/mol. The number of hydrogen-bond acceptors (Lipinski definition) is 4. The summed E-state index contributed by atoms with van der Waals surface area (Å²) >= 11 is 0. The maximum Gasteiger partial charge on any atom is 0.237 e. The van der Waals surface area contributed by atoms with Gasteiger partial charge in [0.25, 0.3) is 0 Å². The van der Waals surface area contributed by atoms with E-state index < -0.39 is 6.04 Å². The fraction of sp³-hybridized carbons (Fsp3) is 0.500. The average Bonchev–Trinajstić information content (AvgIpc) is 2.44. The van der Waals surface area contributed by atoms with Crippen molar-refractivity contribution in [3.8, 4) is 5.75 Å². The number of carbonyl (C=O) groups excluding carboxylic acids is 1. The second kappa shape index (κ2) is 7.76. The van der Waals surface area contributed by atoms with Gasteiger partial charge in [0.05, 0.1) is 19.2 Å². The highest BCUT2D eigenvalue weighted by molar-refractivity contribution is 5.81. The quantitative estimate of drug-likeness (QED) is 0.684. The van der Waals surface area contributed by atoms with Crippen LogP contribution in [0.5, 0.6) is 5.75 Å². The molecule has 1 aromatic carbocycles. The van der Waals surface area contributed by atoms with Crippen LogP contribution in [0.3, 0.4) is 0 Å². The Hall–Kier alpha value is -1.59. The molecule has 106 valence electrons. The van der Waals surface area contributed by atoms with E-state index in [0.717, 1.165) is 17.7 Å². The van der Waals surface area contributed by atoms with Gasteiger partial charge in [0, 0.05) is 0 Å². The highest BCUT2D eigenvalue weighted by Crippen LogP contribution is 2.18. The normalized spacial score (nSPS) is 13.7. The number of benzene rings is 1. The molecule has 5 heteroatoms. The third kappa shape index (κ3) is 4.89. The van der Waals surface area contributed by atoms with Gasteiger partial charge in [0.2, 0.25) is 5.91 Å². The van der Waals surface area contributed by atoms with Gasteiger partial charge in [-0.3, -0.25) is 4.79 Å². The third-order valence-corrected chi connectivity index (χ3v) is 3.01. The van der Waals surface area contributed by atoms with E-state index in [1.807, 2.05) is 31.2 Å². The Morgan fingerprint density at radius 3 is 2.84 bits per heavy atom. The number of carbonyl (C=O) groups is 1. The van der Waals surface area contributed by atoms with Crippen LogP contribution in [0, 0.1) is 0 Å². The van der Waals surface area contributed by atoms with Crippen LogP contribution in [0.2, 0.25) is 0 Å². The zero-order chi connectivity index (χ0) is 14.3. The SMILES string of the molecule is COc1cccc(C(C)NC(=O)[C@@H](N)CCCN)c1. The van der Waals surface area contributed by atoms with E-state index in [4.69, 9.17) is 16.2 Å². The zero-order valence-corrected chi connectivity index (χ0v) is 11.6. The van der Waals surface area contributed by atoms with E-state index in [1.165, 1.54) is 0 Å². The van der Waals surface area contributed by atoms with Crippen LogP contribution >= 0.6 is 0 Å². The Morgan fingerprint density at radius 2 is 2.21 bits per heavy atom. The molecule has 5 N–H and O–H groups in total. The third-order valence-electron chi connectivity index (χ3n) is 3.01. The van der Waals surface area contributed by atoms with Gasteiger partial charge in [0.15, 0.2) is 0 Å². The number of hydrogen-bond donors (Lipinski definition) is 3. The second-order valence-corrected chi connectivity index (χ2v) is 4.54. The first-order valence-electron chi connectivity index (χ1n) is 6.48. The molecule has 2 atom stereocenters. The van der Waals surface area contributed by atoms with Crippen molar-refractivity contribution in [2.24, 2.45) is 11.5 Å². The van der Waals surface area contributed by atoms with Crippen LogP contribution in [0.25, 0.3) is 0 Å². The van der Waals surface area contributed by atoms with E-state index in [1.54, 1.807) is 7.11 Å². The maximum absolute atomic E-state index is 11.9. The lowest BCUT2D eigenvalue weighted by Crippen LogP contribution is -2.41. The molecule has 0 aliphatic rings. The molecule has 0 aliphatic heterocycles. The van der Waals surface area contributed by atoms with Gasteiger partial charge in [-0.2, -0.15) is 0 Å². The molecule has 5 nitrogen and oxygen atoms in total. The molecule has 1 unspecified atom stereocenters. The summed E-state index contributed by atoms with van der Waals surface area (Å²) in [4.78, 5) is 11.9. The maximum atomic E-state index is 11.9. The summed E-state index contributed by atoms with van der Waals surface area (Å²) in [7, 11) is 1.62. The van der Waals surface area contributed by atoms with Crippen molar-refractivity contribution in [2.75, 3.05) is 13.7 Å². The minimum absolute atomic E-state index is 0.105. The van der Waals surface area contributed by atoms with E-state index in [0.29, 0.717) is 13.0 Å². The first kappa shape index (κ1) is 15.5. The summed E-state index contributed by atoms with van der Waals surface area (Å²) in [5.74, 6) is 0.620. The molecule has 1 aromatic rings. The van der Waals surface area contributed by atoms with E-state index in [-0.39, 0.29) is 11.9 Å². The van der Waals surface area contributed by atoms with Crippen molar-refractivity contribution in [2.45, 2.75) is 31.8 Å². The smallest absolute Gasteiger partial charge is 0.237 e. The summed E-state index contributed by atoms with van der Waals surface area (Å²) in [5, 5.41) is 2.90. The lowest BCUT2D eigenvalue weighted by Gasteiger charge is -2.18. The number of nitrogens with two attached hydrogens (primary N) is 2. The summed E-state index contributed by atoms with van der Waals surface area (Å²) in [6, 6.07) is 6.99. The number of ether oxygens (including phenoxy) is 1. The Morgan fingerprint density at radius 1 is 1.47 bits per heavy atom. The van der Waals surface area contributed by atoms with E-state index in [2.05, 4.69) is 5.32 Å². The lowest BCUT2D eigenvalue weighted by molar-refractivity contribution is -0.123. The number of rotatable bonds is 7. The van der Waals surface area contributed by atoms with Crippen molar-refractivity contribution >= 4 is 5.91 Å². The molecule has 0 aliphatic carbocycles. The van der Waals surface area contributed by atoms with Crippen molar-refractivity contribution in [1.82, 2.24) is 5.32 Å². The van der Waals surface area contributed by atoms with Crippen molar-refractivity contribution in [3.63, 3.8) is 0 Å². The number of methoxy groups -OCH3 is 1. The Kier molecular flexibility index (Phi) is 6.32. The highest BCUT2D eigenvalue weighted by atomic mass is 16.5. The molecule has 1 amide bonds. The van der Waals surface area contributed by atoms with Crippen molar-refractivity contribution in [1.29, 1.82) is 0 Å². The lowest BCUT2D eigenvalue weighted by atomic mass is 10.1. The Bertz CT molecular complexity index is 409. The van der Waals surface area contributed by atoms with Crippen LogP contribution in [0.1, 0.15) is 31.4 Å². The molecule has 0 saturated heterocycles. The summed E-state index contributed by atoms with van der Waals surface area (Å²) in [5.41, 5.74) is 12.2. The van der Waals surface area contributed by atoms with Crippen LogP contribution in [-0.4, -0.2) is 25.6 Å². The monoisotopic (exact) mass is 265 g/mol. The first-order chi connectivity index (χ1) is 9.08. The average molecular weight is 265 g/mol. The van der Waals surface area contributed by atoms with Gasteiger partial charge in [-0.05, 0) is 44.0 Å².